The van der Waals surface area contributed by atoms with E-state index in [-0.39, 0.29) is 5.91 Å². The zero-order chi connectivity index (χ0) is 24.0. The second-order valence-corrected chi connectivity index (χ2v) is 8.71. The van der Waals surface area contributed by atoms with Gasteiger partial charge in [0.15, 0.2) is 0 Å². The second kappa shape index (κ2) is 11.0. The number of amides is 1. The van der Waals surface area contributed by atoms with Gasteiger partial charge in [0.25, 0.3) is 0 Å². The molecule has 0 atom stereocenters. The maximum absolute atomic E-state index is 13.2. The van der Waals surface area contributed by atoms with E-state index in [9.17, 15) is 18.0 Å². The SMILES string of the molecule is CCCCCCC(=O)N1CCN(c2nc(C)nc(C)c2Cc2cccc(C(F)(F)F)c2)CC1. The number of unbranched alkanes of at least 4 members (excludes halogenated alkanes) is 3. The summed E-state index contributed by atoms with van der Waals surface area (Å²) in [5.74, 6) is 1.59. The lowest BCUT2D eigenvalue weighted by molar-refractivity contribution is -0.137. The number of benzene rings is 1. The van der Waals surface area contributed by atoms with Crippen LogP contribution in [0.2, 0.25) is 0 Å². The van der Waals surface area contributed by atoms with Crippen LogP contribution in [0.4, 0.5) is 19.0 Å². The van der Waals surface area contributed by atoms with Gasteiger partial charge in [-0.2, -0.15) is 13.2 Å². The van der Waals surface area contributed by atoms with E-state index in [0.717, 1.165) is 48.8 Å². The highest BCUT2D eigenvalue weighted by Crippen LogP contribution is 2.31. The number of carbonyl (C=O) groups is 1. The fraction of sp³-hybridized carbons (Fsp3) is 0.560. The van der Waals surface area contributed by atoms with Crippen molar-refractivity contribution in [2.45, 2.75) is 65.5 Å². The monoisotopic (exact) mass is 462 g/mol. The summed E-state index contributed by atoms with van der Waals surface area (Å²) in [6.07, 6.45) is 0.847. The minimum Gasteiger partial charge on any atom is -0.353 e. The molecule has 33 heavy (non-hydrogen) atoms. The fourth-order valence-corrected chi connectivity index (χ4v) is 4.28. The van der Waals surface area contributed by atoms with Gasteiger partial charge in [-0.3, -0.25) is 4.79 Å². The molecule has 1 fully saturated rings. The Morgan fingerprint density at radius 2 is 1.76 bits per heavy atom. The summed E-state index contributed by atoms with van der Waals surface area (Å²) in [5, 5.41) is 0. The quantitative estimate of drug-likeness (QED) is 0.498. The van der Waals surface area contributed by atoms with Crippen molar-refractivity contribution in [1.29, 1.82) is 0 Å². The Hall–Kier alpha value is -2.64. The molecular formula is C25H33F3N4O. The summed E-state index contributed by atoms with van der Waals surface area (Å²) in [5.41, 5.74) is 1.52. The first kappa shape index (κ1) is 25.0. The first-order valence-corrected chi connectivity index (χ1v) is 11.7. The molecule has 180 valence electrons. The number of rotatable bonds is 8. The number of aryl methyl sites for hydroxylation is 2. The lowest BCUT2D eigenvalue weighted by Crippen LogP contribution is -2.49. The lowest BCUT2D eigenvalue weighted by Gasteiger charge is -2.36. The molecule has 0 unspecified atom stereocenters. The number of aromatic nitrogens is 2. The number of anilines is 1. The van der Waals surface area contributed by atoms with Crippen LogP contribution < -0.4 is 4.90 Å². The van der Waals surface area contributed by atoms with Gasteiger partial charge in [0.05, 0.1) is 5.56 Å². The van der Waals surface area contributed by atoms with Crippen LogP contribution in [0.3, 0.4) is 0 Å². The standard InChI is InChI=1S/C25H33F3N4O/c1-4-5-6-7-11-23(33)31-12-14-32(15-13-31)24-22(18(2)29-19(3)30-24)17-20-9-8-10-21(16-20)25(26,27)28/h8-10,16H,4-7,11-15,17H2,1-3H3. The molecule has 1 saturated heterocycles. The maximum Gasteiger partial charge on any atom is 0.416 e. The van der Waals surface area contributed by atoms with Gasteiger partial charge in [-0.25, -0.2) is 9.97 Å². The molecular weight excluding hydrogens is 429 g/mol. The molecule has 1 aliphatic heterocycles. The van der Waals surface area contributed by atoms with Gasteiger partial charge < -0.3 is 9.80 Å². The average molecular weight is 463 g/mol. The first-order chi connectivity index (χ1) is 15.7. The van der Waals surface area contributed by atoms with Crippen molar-refractivity contribution in [2.24, 2.45) is 0 Å². The van der Waals surface area contributed by atoms with Crippen LogP contribution in [0.1, 0.15) is 67.2 Å². The third-order valence-electron chi connectivity index (χ3n) is 6.12. The normalized spacial score (nSPS) is 14.6. The van der Waals surface area contributed by atoms with Crippen molar-refractivity contribution in [3.05, 3.63) is 52.5 Å². The Balaban J connectivity index is 1.73. The van der Waals surface area contributed by atoms with Gasteiger partial charge in [-0.15, -0.1) is 0 Å². The highest BCUT2D eigenvalue weighted by atomic mass is 19.4. The molecule has 0 N–H and O–H groups in total. The Morgan fingerprint density at radius 1 is 1.03 bits per heavy atom. The largest absolute Gasteiger partial charge is 0.416 e. The van der Waals surface area contributed by atoms with Gasteiger partial charge in [0.2, 0.25) is 5.91 Å². The molecule has 1 aliphatic rings. The molecule has 1 aromatic heterocycles. The van der Waals surface area contributed by atoms with Crippen molar-refractivity contribution in [2.75, 3.05) is 31.1 Å². The Bertz CT molecular complexity index is 953. The van der Waals surface area contributed by atoms with E-state index in [1.54, 1.807) is 6.07 Å². The fourth-order valence-electron chi connectivity index (χ4n) is 4.28. The van der Waals surface area contributed by atoms with Gasteiger partial charge in [-0.05, 0) is 31.9 Å². The summed E-state index contributed by atoms with van der Waals surface area (Å²) in [7, 11) is 0. The summed E-state index contributed by atoms with van der Waals surface area (Å²) >= 11 is 0. The van der Waals surface area contributed by atoms with Gasteiger partial charge >= 0.3 is 6.18 Å². The molecule has 8 heteroatoms. The van der Waals surface area contributed by atoms with Gasteiger partial charge in [0.1, 0.15) is 11.6 Å². The summed E-state index contributed by atoms with van der Waals surface area (Å²) in [6, 6.07) is 5.42. The van der Waals surface area contributed by atoms with Crippen LogP contribution in [-0.2, 0) is 17.4 Å². The van der Waals surface area contributed by atoms with E-state index in [1.807, 2.05) is 18.7 Å². The van der Waals surface area contributed by atoms with Gasteiger partial charge in [0, 0.05) is 50.3 Å². The topological polar surface area (TPSA) is 49.3 Å². The lowest BCUT2D eigenvalue weighted by atomic mass is 10.0. The minimum atomic E-state index is -4.38. The molecule has 2 heterocycles. The molecule has 1 amide bonds. The molecule has 3 rings (SSSR count). The summed E-state index contributed by atoms with van der Waals surface area (Å²) in [6.45, 7) is 8.38. The van der Waals surface area contributed by atoms with E-state index >= 15 is 0 Å². The third-order valence-corrected chi connectivity index (χ3v) is 6.12. The van der Waals surface area contributed by atoms with E-state index in [0.29, 0.717) is 50.4 Å². The number of hydrogen-bond acceptors (Lipinski definition) is 4. The molecule has 0 aliphatic carbocycles. The Morgan fingerprint density at radius 3 is 2.42 bits per heavy atom. The number of hydrogen-bond donors (Lipinski definition) is 0. The van der Waals surface area contributed by atoms with Gasteiger partial charge in [-0.1, -0.05) is 44.4 Å². The number of halogens is 3. The highest BCUT2D eigenvalue weighted by molar-refractivity contribution is 5.76. The zero-order valence-corrected chi connectivity index (χ0v) is 19.7. The Labute approximate surface area is 194 Å². The van der Waals surface area contributed by atoms with Crippen molar-refractivity contribution in [3.63, 3.8) is 0 Å². The highest BCUT2D eigenvalue weighted by Gasteiger charge is 2.30. The molecule has 2 aromatic rings. The van der Waals surface area contributed by atoms with Crippen molar-refractivity contribution >= 4 is 11.7 Å². The molecule has 0 saturated carbocycles. The Kier molecular flexibility index (Phi) is 8.32. The third kappa shape index (κ3) is 6.68. The smallest absolute Gasteiger partial charge is 0.353 e. The summed E-state index contributed by atoms with van der Waals surface area (Å²) in [4.78, 5) is 25.7. The number of carbonyl (C=O) groups excluding carboxylic acids is 1. The number of nitrogens with zero attached hydrogens (tertiary/aromatic N) is 4. The number of piperazine rings is 1. The predicted octanol–water partition coefficient (Wildman–Crippen LogP) is 5.32. The van der Waals surface area contributed by atoms with Crippen LogP contribution in [0.5, 0.6) is 0 Å². The molecule has 1 aromatic carbocycles. The van der Waals surface area contributed by atoms with E-state index in [1.165, 1.54) is 12.1 Å². The molecule has 5 nitrogen and oxygen atoms in total. The van der Waals surface area contributed by atoms with E-state index < -0.39 is 11.7 Å². The molecule has 0 spiro atoms. The van der Waals surface area contributed by atoms with Crippen molar-refractivity contribution in [1.82, 2.24) is 14.9 Å². The minimum absolute atomic E-state index is 0.199. The van der Waals surface area contributed by atoms with E-state index in [4.69, 9.17) is 0 Å². The zero-order valence-electron chi connectivity index (χ0n) is 19.7. The van der Waals surface area contributed by atoms with Crippen LogP contribution in [-0.4, -0.2) is 47.0 Å². The average Bonchev–Trinajstić information content (AvgIpc) is 2.78. The second-order valence-electron chi connectivity index (χ2n) is 8.71. The molecule has 0 radical (unpaired) electrons. The van der Waals surface area contributed by atoms with Crippen LogP contribution in [0, 0.1) is 13.8 Å². The van der Waals surface area contributed by atoms with Crippen LogP contribution in [0.15, 0.2) is 24.3 Å². The van der Waals surface area contributed by atoms with Crippen molar-refractivity contribution in [3.8, 4) is 0 Å². The first-order valence-electron chi connectivity index (χ1n) is 11.7. The predicted molar refractivity (Wildman–Crippen MR) is 123 cm³/mol. The van der Waals surface area contributed by atoms with Crippen LogP contribution >= 0.6 is 0 Å². The van der Waals surface area contributed by atoms with E-state index in [2.05, 4.69) is 21.8 Å². The van der Waals surface area contributed by atoms with Crippen molar-refractivity contribution < 1.29 is 18.0 Å². The number of alkyl halides is 3. The van der Waals surface area contributed by atoms with Crippen LogP contribution in [0.25, 0.3) is 0 Å². The summed E-state index contributed by atoms with van der Waals surface area (Å²) < 4.78 is 39.5. The maximum atomic E-state index is 13.2. The molecule has 0 bridgehead atoms.